The minimum Gasteiger partial charge on any atom is -0.385 e. The number of rotatable bonds is 3. The van der Waals surface area contributed by atoms with E-state index in [1.807, 2.05) is 6.08 Å². The van der Waals surface area contributed by atoms with Crippen molar-refractivity contribution < 1.29 is 5.11 Å². The van der Waals surface area contributed by atoms with E-state index in [0.29, 0.717) is 0 Å². The Labute approximate surface area is 73.8 Å². The van der Waals surface area contributed by atoms with E-state index in [9.17, 15) is 5.11 Å². The molecule has 66 valence electrons. The summed E-state index contributed by atoms with van der Waals surface area (Å²) in [5.74, 6) is 0. The molecule has 1 heteroatoms. The Balaban J connectivity index is 2.02. The van der Waals surface area contributed by atoms with E-state index in [2.05, 4.69) is 6.58 Å². The lowest BCUT2D eigenvalue weighted by Gasteiger charge is -2.39. The molecular formula is C11H16O. The van der Waals surface area contributed by atoms with Crippen LogP contribution in [0.3, 0.4) is 0 Å². The van der Waals surface area contributed by atoms with Crippen LogP contribution in [0.4, 0.5) is 0 Å². The van der Waals surface area contributed by atoms with Gasteiger partial charge in [-0.1, -0.05) is 11.6 Å². The Kier molecular flexibility index (Phi) is 1.84. The quantitative estimate of drug-likeness (QED) is 0.635. The van der Waals surface area contributed by atoms with E-state index in [0.717, 1.165) is 25.7 Å². The van der Waals surface area contributed by atoms with Crippen molar-refractivity contribution in [1.82, 2.24) is 0 Å². The average Bonchev–Trinajstić information content (AvgIpc) is 2.43. The normalized spacial score (nSPS) is 33.1. The third-order valence-corrected chi connectivity index (χ3v) is 3.16. The molecule has 0 aromatic carbocycles. The number of hydrogen-bond donors (Lipinski definition) is 1. The van der Waals surface area contributed by atoms with E-state index in [1.165, 1.54) is 18.4 Å². The first-order valence-corrected chi connectivity index (χ1v) is 4.81. The highest BCUT2D eigenvalue weighted by Crippen LogP contribution is 2.50. The Morgan fingerprint density at radius 2 is 2.33 bits per heavy atom. The van der Waals surface area contributed by atoms with Crippen molar-refractivity contribution in [3.63, 3.8) is 0 Å². The summed E-state index contributed by atoms with van der Waals surface area (Å²) < 4.78 is 0. The van der Waals surface area contributed by atoms with Gasteiger partial charge in [0.1, 0.15) is 0 Å². The van der Waals surface area contributed by atoms with Gasteiger partial charge in [-0.25, -0.2) is 0 Å². The molecule has 12 heavy (non-hydrogen) atoms. The van der Waals surface area contributed by atoms with Crippen LogP contribution in [0.15, 0.2) is 23.8 Å². The fourth-order valence-corrected chi connectivity index (χ4v) is 2.50. The number of aliphatic hydroxyl groups is 1. The predicted octanol–water partition coefficient (Wildman–Crippen LogP) is 2.57. The highest BCUT2D eigenvalue weighted by molar-refractivity contribution is 5.40. The lowest BCUT2D eigenvalue weighted by Crippen LogP contribution is -2.38. The highest BCUT2D eigenvalue weighted by atomic mass is 16.3. The summed E-state index contributed by atoms with van der Waals surface area (Å²) in [6.45, 7) is 3.68. The van der Waals surface area contributed by atoms with Gasteiger partial charge in [0.2, 0.25) is 0 Å². The molecule has 0 amide bonds. The molecule has 0 saturated heterocycles. The zero-order chi connectivity index (χ0) is 8.60. The SMILES string of the molecule is C=CCCC1(O)CC2=C1CCC2. The summed E-state index contributed by atoms with van der Waals surface area (Å²) in [6, 6.07) is 0. The first-order chi connectivity index (χ1) is 5.76. The minimum atomic E-state index is -0.417. The van der Waals surface area contributed by atoms with E-state index in [-0.39, 0.29) is 0 Å². The van der Waals surface area contributed by atoms with Gasteiger partial charge in [-0.3, -0.25) is 0 Å². The van der Waals surface area contributed by atoms with Gasteiger partial charge in [-0.15, -0.1) is 6.58 Å². The standard InChI is InChI=1S/C11H16O/c1-2-3-7-11(12)8-9-5-4-6-10(9)11/h2,12H,1,3-8H2. The van der Waals surface area contributed by atoms with Gasteiger partial charge in [-0.05, 0) is 37.7 Å². The summed E-state index contributed by atoms with van der Waals surface area (Å²) in [5.41, 5.74) is 2.49. The second-order valence-electron chi connectivity index (χ2n) is 3.97. The maximum Gasteiger partial charge on any atom is 0.0899 e. The van der Waals surface area contributed by atoms with Crippen LogP contribution in [0.25, 0.3) is 0 Å². The van der Waals surface area contributed by atoms with Crippen LogP contribution in [-0.2, 0) is 0 Å². The Hall–Kier alpha value is -0.560. The zero-order valence-corrected chi connectivity index (χ0v) is 7.47. The van der Waals surface area contributed by atoms with Crippen molar-refractivity contribution in [3.8, 4) is 0 Å². The van der Waals surface area contributed by atoms with Crippen molar-refractivity contribution >= 4 is 0 Å². The van der Waals surface area contributed by atoms with Crippen LogP contribution in [0.1, 0.15) is 38.5 Å². The largest absolute Gasteiger partial charge is 0.385 e. The van der Waals surface area contributed by atoms with Gasteiger partial charge in [-0.2, -0.15) is 0 Å². The molecule has 0 aromatic rings. The summed E-state index contributed by atoms with van der Waals surface area (Å²) in [6.07, 6.45) is 8.31. The molecular weight excluding hydrogens is 148 g/mol. The molecule has 2 rings (SSSR count). The van der Waals surface area contributed by atoms with E-state index in [1.54, 1.807) is 5.57 Å². The van der Waals surface area contributed by atoms with Crippen LogP contribution in [-0.4, -0.2) is 10.7 Å². The van der Waals surface area contributed by atoms with Crippen molar-refractivity contribution in [2.45, 2.75) is 44.1 Å². The van der Waals surface area contributed by atoms with Crippen molar-refractivity contribution in [3.05, 3.63) is 23.8 Å². The molecule has 0 bridgehead atoms. The van der Waals surface area contributed by atoms with Gasteiger partial charge >= 0.3 is 0 Å². The third kappa shape index (κ3) is 1.04. The van der Waals surface area contributed by atoms with Crippen molar-refractivity contribution in [1.29, 1.82) is 0 Å². The summed E-state index contributed by atoms with van der Waals surface area (Å²) in [7, 11) is 0. The molecule has 0 aliphatic heterocycles. The molecule has 1 N–H and O–H groups in total. The predicted molar refractivity (Wildman–Crippen MR) is 49.9 cm³/mol. The number of allylic oxidation sites excluding steroid dienone is 1. The van der Waals surface area contributed by atoms with E-state index < -0.39 is 5.60 Å². The fourth-order valence-electron chi connectivity index (χ4n) is 2.50. The van der Waals surface area contributed by atoms with Crippen LogP contribution >= 0.6 is 0 Å². The molecule has 1 atom stereocenters. The maximum absolute atomic E-state index is 10.1. The Bertz CT molecular complexity index is 239. The molecule has 2 aliphatic carbocycles. The molecule has 0 spiro atoms. The van der Waals surface area contributed by atoms with Crippen molar-refractivity contribution in [2.24, 2.45) is 0 Å². The lowest BCUT2D eigenvalue weighted by atomic mass is 9.72. The average molecular weight is 164 g/mol. The minimum absolute atomic E-state index is 0.417. The lowest BCUT2D eigenvalue weighted by molar-refractivity contribution is 0.0468. The van der Waals surface area contributed by atoms with Gasteiger partial charge < -0.3 is 5.11 Å². The molecule has 0 fully saturated rings. The maximum atomic E-state index is 10.1. The second kappa shape index (κ2) is 2.74. The van der Waals surface area contributed by atoms with Crippen LogP contribution in [0.5, 0.6) is 0 Å². The highest BCUT2D eigenvalue weighted by Gasteiger charge is 2.43. The summed E-state index contributed by atoms with van der Waals surface area (Å²) in [4.78, 5) is 0. The monoisotopic (exact) mass is 164 g/mol. The fraction of sp³-hybridized carbons (Fsp3) is 0.636. The first-order valence-electron chi connectivity index (χ1n) is 4.81. The van der Waals surface area contributed by atoms with Crippen molar-refractivity contribution in [2.75, 3.05) is 0 Å². The molecule has 0 radical (unpaired) electrons. The molecule has 0 saturated carbocycles. The van der Waals surface area contributed by atoms with Crippen LogP contribution in [0, 0.1) is 0 Å². The molecule has 0 aromatic heterocycles. The third-order valence-electron chi connectivity index (χ3n) is 3.16. The van der Waals surface area contributed by atoms with E-state index >= 15 is 0 Å². The van der Waals surface area contributed by atoms with Gasteiger partial charge in [0, 0.05) is 6.42 Å². The molecule has 0 heterocycles. The summed E-state index contributed by atoms with van der Waals surface area (Å²) in [5, 5.41) is 10.1. The molecule has 2 aliphatic rings. The first kappa shape index (κ1) is 8.06. The van der Waals surface area contributed by atoms with E-state index in [4.69, 9.17) is 0 Å². The number of hydrogen-bond acceptors (Lipinski definition) is 1. The van der Waals surface area contributed by atoms with Crippen LogP contribution in [0.2, 0.25) is 0 Å². The second-order valence-corrected chi connectivity index (χ2v) is 3.97. The smallest absolute Gasteiger partial charge is 0.0899 e. The van der Waals surface area contributed by atoms with Crippen LogP contribution < -0.4 is 0 Å². The molecule has 1 nitrogen and oxygen atoms in total. The zero-order valence-electron chi connectivity index (χ0n) is 7.47. The Morgan fingerprint density at radius 1 is 1.50 bits per heavy atom. The van der Waals surface area contributed by atoms with Gasteiger partial charge in [0.05, 0.1) is 5.60 Å². The summed E-state index contributed by atoms with van der Waals surface area (Å²) >= 11 is 0. The topological polar surface area (TPSA) is 20.2 Å². The van der Waals surface area contributed by atoms with Gasteiger partial charge in [0.15, 0.2) is 0 Å². The van der Waals surface area contributed by atoms with Gasteiger partial charge in [0.25, 0.3) is 0 Å². The Morgan fingerprint density at radius 3 is 3.00 bits per heavy atom. The molecule has 1 unspecified atom stereocenters.